The molecule has 3 aliphatic rings. The monoisotopic (exact) mass is 2030 g/mol. The van der Waals surface area contributed by atoms with Crippen molar-refractivity contribution < 1.29 is 79.1 Å². The van der Waals surface area contributed by atoms with Crippen molar-refractivity contribution in [3.05, 3.63) is 317 Å². The van der Waals surface area contributed by atoms with Crippen molar-refractivity contribution in [3.8, 4) is 28.9 Å². The van der Waals surface area contributed by atoms with Crippen molar-refractivity contribution >= 4 is 151 Å². The predicted molar refractivity (Wildman–Crippen MR) is 562 cm³/mol. The fraction of sp³-hybridized carbons (Fsp3) is 0.217. The van der Waals surface area contributed by atoms with Crippen LogP contribution in [0, 0.1) is 29.1 Å². The number of hydrogen-bond donors (Lipinski definition) is 12. The highest BCUT2D eigenvalue weighted by molar-refractivity contribution is 6.08. The molecule has 38 nitrogen and oxygen atoms in total. The van der Waals surface area contributed by atoms with E-state index in [0.717, 1.165) is 79.8 Å². The van der Waals surface area contributed by atoms with E-state index in [1.54, 1.807) is 178 Å². The van der Waals surface area contributed by atoms with Crippen molar-refractivity contribution in [2.45, 2.75) is 77.5 Å². The molecule has 13 aromatic rings. The number of allylic oxidation sites excluding steroid dienone is 1. The Labute approximate surface area is 856 Å². The van der Waals surface area contributed by atoms with E-state index in [0.29, 0.717) is 139 Å². The van der Waals surface area contributed by atoms with Crippen molar-refractivity contribution in [2.24, 2.45) is 0 Å². The van der Waals surface area contributed by atoms with Gasteiger partial charge < -0.3 is 107 Å². The van der Waals surface area contributed by atoms with Gasteiger partial charge >= 0.3 is 6.09 Å². The summed E-state index contributed by atoms with van der Waals surface area (Å²) in [6.45, 7) is 28.6. The molecular formula is C106H111F5N26O12. The summed E-state index contributed by atoms with van der Waals surface area (Å²) in [5, 5.41) is 35.3. The molecule has 0 saturated carbocycles. The molecule has 2 saturated heterocycles. The Morgan fingerprint density at radius 2 is 0.852 bits per heavy atom. The maximum atomic E-state index is 14.4. The standard InChI is InChI=1S/C27H31FN6O4.C21H19FN6O3.C20H17FN4O.2C19H22FN5O2/c1-5-23(35)31-18-9-6-10-19(15-18)32-24-22(28)17-30-25(34-24)33-20-11-7-12-21(16-20)37-14-8-13-29-26(36)38-27(2,3)4;1-3-19(29)28-8-9-31-17-6-4-13(10-16(17)28)25-20-15(22)12-24-21(27-20)26-14-5-7-18(30-2)23-11-14;1-13(2)18(26)14-8-10-16(11-9-14)23-19-17(21)12-22-20(25-19)24-15-6-4-3-5-7-15;2*1-3-17(26)25-9-5-7-14(12-25)22-18-16(20)11-21-19(24-18)23-13-6-4-8-15(10-13)27-2/h5-7,9-12,15-17H,1,8,13-14H2,2-4H3,(H,29,36)(H,31,35)(H2,30,32,33,34);3-7,10-12H,1,8-9H2,2H3,(H2,24,25,26,27);3-12H,1H2,2H3,(H2,22,23,24,25);2*3-4,6,8,10-11,14H,1,5,7,9,12H2,2H3,(H2,21,22,23,24)/t;;;2*14-/m...10/s1. The maximum Gasteiger partial charge on any atom is 0.407 e. The van der Waals surface area contributed by atoms with E-state index in [-0.39, 0.29) is 100 Å². The van der Waals surface area contributed by atoms with Crippen LogP contribution in [0.15, 0.2) is 282 Å². The van der Waals surface area contributed by atoms with Crippen LogP contribution in [0.3, 0.4) is 0 Å². The van der Waals surface area contributed by atoms with Crippen LogP contribution < -0.4 is 92.4 Å². The number of ether oxygens (including phenoxy) is 6. The number of benzene rings is 7. The number of carbonyl (C=O) groups is 6. The number of nitrogens with zero attached hydrogens (tertiary/aromatic N) is 14. The van der Waals surface area contributed by atoms with Gasteiger partial charge in [-0.25, -0.2) is 56.7 Å². The Kier molecular flexibility index (Phi) is 39.6. The highest BCUT2D eigenvalue weighted by Crippen LogP contribution is 2.37. The second-order valence-electron chi connectivity index (χ2n) is 33.7. The molecule has 0 spiro atoms. The molecule has 0 unspecified atom stereocenters. The number of Topliss-reactive ketones (excluding diaryl/α,β-unsaturated/α-hetero) is 1. The first-order valence-electron chi connectivity index (χ1n) is 46.6. The van der Waals surface area contributed by atoms with E-state index in [4.69, 9.17) is 28.4 Å². The molecule has 7 aromatic carbocycles. The number of methoxy groups -OCH3 is 3. The quantitative estimate of drug-likeness (QED) is 0.00759. The molecule has 9 heterocycles. The van der Waals surface area contributed by atoms with Crippen molar-refractivity contribution in [3.63, 3.8) is 0 Å². The second-order valence-corrected chi connectivity index (χ2v) is 33.7. The Balaban J connectivity index is 0.000000166. The van der Waals surface area contributed by atoms with Crippen LogP contribution in [-0.2, 0) is 23.9 Å². The molecule has 149 heavy (non-hydrogen) atoms. The molecule has 2 fully saturated rings. The van der Waals surface area contributed by atoms with Crippen molar-refractivity contribution in [1.29, 1.82) is 0 Å². The fourth-order valence-electron chi connectivity index (χ4n) is 14.3. The number of fused-ring (bicyclic) bond motifs is 1. The van der Waals surface area contributed by atoms with E-state index in [1.165, 1.54) is 25.3 Å². The maximum absolute atomic E-state index is 14.4. The first-order valence-corrected chi connectivity index (χ1v) is 46.6. The second kappa shape index (κ2) is 54.1. The number of para-hydroxylation sites is 1. The van der Waals surface area contributed by atoms with Gasteiger partial charge in [-0.2, -0.15) is 24.9 Å². The van der Waals surface area contributed by atoms with Gasteiger partial charge in [0.25, 0.3) is 5.91 Å². The number of pyridine rings is 1. The average Bonchev–Trinajstić information content (AvgIpc) is 0.785. The number of amides is 5. The number of rotatable bonds is 35. The number of hydrogen-bond acceptors (Lipinski definition) is 33. The van der Waals surface area contributed by atoms with Crippen LogP contribution >= 0.6 is 0 Å². The number of carbonyl (C=O) groups excluding carboxylic acids is 6. The van der Waals surface area contributed by atoms with E-state index < -0.39 is 40.8 Å². The number of likely N-dealkylation sites (tertiary alicyclic amines) is 2. The highest BCUT2D eigenvalue weighted by Gasteiger charge is 2.28. The van der Waals surface area contributed by atoms with E-state index in [1.807, 2.05) is 66.7 Å². The zero-order valence-corrected chi connectivity index (χ0v) is 82.5. The Bertz CT molecular complexity index is 6730. The van der Waals surface area contributed by atoms with Crippen LogP contribution in [0.2, 0.25) is 0 Å². The molecule has 12 N–H and O–H groups in total. The van der Waals surface area contributed by atoms with Gasteiger partial charge in [0.1, 0.15) is 35.2 Å². The Morgan fingerprint density at radius 1 is 0.436 bits per heavy atom. The number of halogens is 5. The minimum atomic E-state index is -0.645. The van der Waals surface area contributed by atoms with Gasteiger partial charge in [0.15, 0.2) is 64.0 Å². The molecule has 2 atom stereocenters. The van der Waals surface area contributed by atoms with E-state index >= 15 is 0 Å². The molecule has 0 aliphatic carbocycles. The zero-order valence-electron chi connectivity index (χ0n) is 82.5. The number of aromatic nitrogens is 11. The molecule has 3 aliphatic heterocycles. The minimum absolute atomic E-state index is 0.0303. The first-order chi connectivity index (χ1) is 71.9. The van der Waals surface area contributed by atoms with Gasteiger partial charge in [-0.15, -0.1) is 0 Å². The summed E-state index contributed by atoms with van der Waals surface area (Å²) in [6, 6.07) is 52.8. The molecule has 0 bridgehead atoms. The topological polar surface area (TPSA) is 454 Å². The summed E-state index contributed by atoms with van der Waals surface area (Å²) >= 11 is 0. The molecule has 0 radical (unpaired) electrons. The summed E-state index contributed by atoms with van der Waals surface area (Å²) in [6.07, 6.45) is 15.4. The van der Waals surface area contributed by atoms with Gasteiger partial charge in [0.05, 0.1) is 83.0 Å². The molecule has 772 valence electrons. The summed E-state index contributed by atoms with van der Waals surface area (Å²) in [5.74, 6) is 0.433. The summed E-state index contributed by atoms with van der Waals surface area (Å²) in [5.41, 5.74) is 6.69. The van der Waals surface area contributed by atoms with E-state index in [2.05, 4.69) is 152 Å². The van der Waals surface area contributed by atoms with Crippen LogP contribution in [0.1, 0.15) is 70.2 Å². The average molecular weight is 2040 g/mol. The number of alkyl carbamates (subject to hydrolysis) is 1. The van der Waals surface area contributed by atoms with E-state index in [9.17, 15) is 50.7 Å². The smallest absolute Gasteiger partial charge is 0.407 e. The van der Waals surface area contributed by atoms with Gasteiger partial charge in [0, 0.05) is 120 Å². The van der Waals surface area contributed by atoms with Gasteiger partial charge in [-0.1, -0.05) is 75.4 Å². The first kappa shape index (κ1) is 109. The number of nitrogens with one attached hydrogen (secondary N) is 12. The number of piperidine rings is 2. The third kappa shape index (κ3) is 34.0. The third-order valence-corrected chi connectivity index (χ3v) is 21.4. The van der Waals surface area contributed by atoms with Crippen LogP contribution in [0.5, 0.6) is 28.9 Å². The Hall–Kier alpha value is -18.7. The lowest BCUT2D eigenvalue weighted by Crippen LogP contribution is -2.44. The lowest BCUT2D eigenvalue weighted by atomic mass is 10.1. The van der Waals surface area contributed by atoms with Crippen LogP contribution in [0.4, 0.5) is 142 Å². The van der Waals surface area contributed by atoms with Gasteiger partial charge in [-0.05, 0) is 205 Å². The number of anilines is 20. The normalized spacial score (nSPS) is 13.1. The zero-order chi connectivity index (χ0) is 106. The molecule has 5 amide bonds. The lowest BCUT2D eigenvalue weighted by Gasteiger charge is -2.32. The molecular weight excluding hydrogens is 1920 g/mol. The lowest BCUT2D eigenvalue weighted by molar-refractivity contribution is -0.127. The van der Waals surface area contributed by atoms with Gasteiger partial charge in [0.2, 0.25) is 53.3 Å². The largest absolute Gasteiger partial charge is 0.497 e. The Morgan fingerprint density at radius 3 is 1.32 bits per heavy atom. The van der Waals surface area contributed by atoms with Gasteiger partial charge in [-0.3, -0.25) is 24.0 Å². The van der Waals surface area contributed by atoms with Crippen molar-refractivity contribution in [1.82, 2.24) is 69.9 Å². The highest BCUT2D eigenvalue weighted by atomic mass is 19.1. The molecule has 43 heteroatoms. The molecule has 6 aromatic heterocycles. The van der Waals surface area contributed by atoms with Crippen LogP contribution in [-0.4, -0.2) is 192 Å². The summed E-state index contributed by atoms with van der Waals surface area (Å²) < 4.78 is 103. The third-order valence-electron chi connectivity index (χ3n) is 21.4. The summed E-state index contributed by atoms with van der Waals surface area (Å²) in [7, 11) is 4.69. The SMILES string of the molecule is C=C(C)C(=O)c1ccc(Nc2nc(Nc3ccccc3)ncc2F)cc1.C=CC(=O)N1CCC[C@@H](Nc2nc(Nc3cccc(OC)c3)ncc2F)C1.C=CC(=O)N1CCC[C@H](Nc2nc(Nc3cccc(OC)c3)ncc2F)C1.C=CC(=O)N1CCOc2ccc(Nc3nc(Nc4ccc(OC)nc4)ncc3F)cc21.C=CC(=O)Nc1cccc(Nc2nc(Nc3cccc(OCCCNC(=O)OC(C)(C)C)c3)ncc2F)c1. The minimum Gasteiger partial charge on any atom is -0.497 e. The van der Waals surface area contributed by atoms with Crippen molar-refractivity contribution in [2.75, 3.05) is 137 Å². The fourth-order valence-corrected chi connectivity index (χ4v) is 14.3. The summed E-state index contributed by atoms with van der Waals surface area (Å²) in [4.78, 5) is 121. The molecule has 16 rings (SSSR count). The number of ketones is 1. The predicted octanol–water partition coefficient (Wildman–Crippen LogP) is 19.7. The van der Waals surface area contributed by atoms with Crippen LogP contribution in [0.25, 0.3) is 0 Å².